The zero-order valence-corrected chi connectivity index (χ0v) is 14.1. The number of benzene rings is 1. The third kappa shape index (κ3) is 4.03. The fraction of sp³-hybridized carbons (Fsp3) is 0.294. The van der Waals surface area contributed by atoms with Crippen LogP contribution in [0, 0.1) is 12.8 Å². The van der Waals surface area contributed by atoms with Crippen molar-refractivity contribution in [2.75, 3.05) is 0 Å². The second kappa shape index (κ2) is 7.16. The van der Waals surface area contributed by atoms with Crippen LogP contribution in [0.1, 0.15) is 29.9 Å². The van der Waals surface area contributed by atoms with Crippen LogP contribution in [0.3, 0.4) is 0 Å². The van der Waals surface area contributed by atoms with Crippen molar-refractivity contribution in [3.05, 3.63) is 51.9 Å². The van der Waals surface area contributed by atoms with Crippen molar-refractivity contribution in [2.24, 2.45) is 5.92 Å². The summed E-state index contributed by atoms with van der Waals surface area (Å²) in [5.41, 5.74) is 0.278. The van der Waals surface area contributed by atoms with Gasteiger partial charge < -0.3 is 15.5 Å². The summed E-state index contributed by atoms with van der Waals surface area (Å²) in [5.74, 6) is -3.06. The fourth-order valence-electron chi connectivity index (χ4n) is 2.28. The third-order valence-electron chi connectivity index (χ3n) is 3.59. The lowest BCUT2D eigenvalue weighted by Crippen LogP contribution is -2.45. The molecule has 0 bridgehead atoms. The molecule has 132 valence electrons. The van der Waals surface area contributed by atoms with Crippen molar-refractivity contribution in [1.29, 1.82) is 0 Å². The number of hydrogen-bond donors (Lipinski definition) is 3. The molecule has 2 rings (SSSR count). The van der Waals surface area contributed by atoms with Gasteiger partial charge in [-0.2, -0.15) is 9.78 Å². The molecular weight excluding hydrogens is 326 g/mol. The van der Waals surface area contributed by atoms with Gasteiger partial charge in [-0.3, -0.25) is 9.59 Å². The molecule has 0 spiro atoms. The van der Waals surface area contributed by atoms with E-state index in [1.54, 1.807) is 32.0 Å². The molecule has 1 atom stereocenters. The van der Waals surface area contributed by atoms with Gasteiger partial charge >= 0.3 is 5.97 Å². The molecular formula is C17H19N3O5. The summed E-state index contributed by atoms with van der Waals surface area (Å²) < 4.78 is 0.979. The summed E-state index contributed by atoms with van der Waals surface area (Å²) in [5, 5.41) is 25.3. The maximum atomic E-state index is 12.3. The molecule has 8 nitrogen and oxygen atoms in total. The van der Waals surface area contributed by atoms with Gasteiger partial charge in [0.2, 0.25) is 0 Å². The Bertz CT molecular complexity index is 873. The lowest BCUT2D eigenvalue weighted by molar-refractivity contribution is -0.140. The molecule has 1 amide bonds. The van der Waals surface area contributed by atoms with Gasteiger partial charge in [-0.1, -0.05) is 26.0 Å². The predicted octanol–water partition coefficient (Wildman–Crippen LogP) is 1.09. The number of carbonyl (C=O) groups excluding carboxylic acids is 1. The number of carbonyl (C=O) groups is 2. The van der Waals surface area contributed by atoms with Gasteiger partial charge in [0.15, 0.2) is 11.4 Å². The summed E-state index contributed by atoms with van der Waals surface area (Å²) in [6.07, 6.45) is 0. The predicted molar refractivity (Wildman–Crippen MR) is 90.0 cm³/mol. The van der Waals surface area contributed by atoms with E-state index in [0.29, 0.717) is 5.69 Å². The quantitative estimate of drug-likeness (QED) is 0.746. The number of aromatic hydroxyl groups is 1. The highest BCUT2D eigenvalue weighted by Crippen LogP contribution is 2.14. The van der Waals surface area contributed by atoms with Crippen molar-refractivity contribution in [3.63, 3.8) is 0 Å². The van der Waals surface area contributed by atoms with Crippen molar-refractivity contribution in [2.45, 2.75) is 26.8 Å². The number of nitrogens with zero attached hydrogens (tertiary/aromatic N) is 2. The van der Waals surface area contributed by atoms with Gasteiger partial charge in [-0.05, 0) is 30.5 Å². The zero-order chi connectivity index (χ0) is 18.7. The second-order valence-corrected chi connectivity index (χ2v) is 6.00. The van der Waals surface area contributed by atoms with Crippen LogP contribution in [-0.4, -0.2) is 37.9 Å². The highest BCUT2D eigenvalue weighted by atomic mass is 16.4. The number of aryl methyl sites for hydroxylation is 1. The number of carboxylic acids is 1. The SMILES string of the molecule is Cc1cccc(-n2nc(C(=O)NC(C(=O)O)C(C)C)c(O)cc2=O)c1. The van der Waals surface area contributed by atoms with Crippen molar-refractivity contribution in [3.8, 4) is 11.4 Å². The highest BCUT2D eigenvalue weighted by molar-refractivity contribution is 5.97. The molecule has 3 N–H and O–H groups in total. The van der Waals surface area contributed by atoms with Crippen LogP contribution in [0.25, 0.3) is 5.69 Å². The molecule has 0 saturated heterocycles. The first kappa shape index (κ1) is 18.2. The molecule has 25 heavy (non-hydrogen) atoms. The smallest absolute Gasteiger partial charge is 0.326 e. The number of hydrogen-bond acceptors (Lipinski definition) is 5. The Balaban J connectivity index is 2.45. The second-order valence-electron chi connectivity index (χ2n) is 6.00. The topological polar surface area (TPSA) is 122 Å². The summed E-state index contributed by atoms with van der Waals surface area (Å²) in [6.45, 7) is 5.11. The number of rotatable bonds is 5. The Morgan fingerprint density at radius 2 is 1.92 bits per heavy atom. The van der Waals surface area contributed by atoms with Crippen LogP contribution >= 0.6 is 0 Å². The van der Waals surface area contributed by atoms with E-state index in [1.807, 2.05) is 13.0 Å². The molecule has 1 aromatic heterocycles. The van der Waals surface area contributed by atoms with Crippen LogP contribution < -0.4 is 10.9 Å². The van der Waals surface area contributed by atoms with Crippen LogP contribution in [0.5, 0.6) is 5.75 Å². The van der Waals surface area contributed by atoms with E-state index in [0.717, 1.165) is 16.3 Å². The van der Waals surface area contributed by atoms with Crippen LogP contribution in [0.2, 0.25) is 0 Å². The van der Waals surface area contributed by atoms with Crippen molar-refractivity contribution < 1.29 is 19.8 Å². The highest BCUT2D eigenvalue weighted by Gasteiger charge is 2.26. The lowest BCUT2D eigenvalue weighted by atomic mass is 10.0. The molecule has 2 aromatic rings. The first-order valence-corrected chi connectivity index (χ1v) is 7.64. The van der Waals surface area contributed by atoms with E-state index in [9.17, 15) is 19.5 Å². The minimum absolute atomic E-state index is 0.369. The summed E-state index contributed by atoms with van der Waals surface area (Å²) in [7, 11) is 0. The first-order chi connectivity index (χ1) is 11.7. The average Bonchev–Trinajstić information content (AvgIpc) is 2.51. The van der Waals surface area contributed by atoms with E-state index in [1.165, 1.54) is 0 Å². The van der Waals surface area contributed by atoms with E-state index in [2.05, 4.69) is 10.4 Å². The van der Waals surface area contributed by atoms with Gasteiger partial charge in [-0.25, -0.2) is 4.79 Å². The summed E-state index contributed by atoms with van der Waals surface area (Å²) in [6, 6.07) is 6.62. The number of aromatic nitrogens is 2. The molecule has 1 heterocycles. The van der Waals surface area contributed by atoms with Gasteiger partial charge in [0.25, 0.3) is 11.5 Å². The molecule has 1 aromatic carbocycles. The van der Waals surface area contributed by atoms with E-state index < -0.39 is 34.9 Å². The molecule has 0 fully saturated rings. The van der Waals surface area contributed by atoms with E-state index in [-0.39, 0.29) is 5.92 Å². The van der Waals surface area contributed by atoms with Gasteiger partial charge in [0.05, 0.1) is 5.69 Å². The van der Waals surface area contributed by atoms with Crippen molar-refractivity contribution in [1.82, 2.24) is 15.1 Å². The van der Waals surface area contributed by atoms with Crippen molar-refractivity contribution >= 4 is 11.9 Å². The summed E-state index contributed by atoms with van der Waals surface area (Å²) >= 11 is 0. The average molecular weight is 345 g/mol. The maximum absolute atomic E-state index is 12.3. The fourth-order valence-corrected chi connectivity index (χ4v) is 2.28. The summed E-state index contributed by atoms with van der Waals surface area (Å²) in [4.78, 5) is 35.6. The Kier molecular flexibility index (Phi) is 5.21. The number of nitrogens with one attached hydrogen (secondary N) is 1. The molecule has 8 heteroatoms. The monoisotopic (exact) mass is 345 g/mol. The zero-order valence-electron chi connectivity index (χ0n) is 14.1. The molecule has 0 aliphatic carbocycles. The minimum Gasteiger partial charge on any atom is -0.505 e. The van der Waals surface area contributed by atoms with Crippen LogP contribution in [0.4, 0.5) is 0 Å². The Morgan fingerprint density at radius 3 is 2.48 bits per heavy atom. The van der Waals surface area contributed by atoms with Crippen LogP contribution in [0.15, 0.2) is 35.1 Å². The van der Waals surface area contributed by atoms with Gasteiger partial charge in [0.1, 0.15) is 6.04 Å². The third-order valence-corrected chi connectivity index (χ3v) is 3.59. The van der Waals surface area contributed by atoms with Crippen LogP contribution in [-0.2, 0) is 4.79 Å². The first-order valence-electron chi connectivity index (χ1n) is 7.64. The van der Waals surface area contributed by atoms with E-state index in [4.69, 9.17) is 5.11 Å². The lowest BCUT2D eigenvalue weighted by Gasteiger charge is -2.18. The molecule has 0 aliphatic heterocycles. The molecule has 0 radical (unpaired) electrons. The number of amides is 1. The Labute approximate surface area is 143 Å². The minimum atomic E-state index is -1.20. The van der Waals surface area contributed by atoms with E-state index >= 15 is 0 Å². The van der Waals surface area contributed by atoms with Gasteiger partial charge in [-0.15, -0.1) is 0 Å². The number of carboxylic acid groups (broad SMARTS) is 1. The molecule has 1 unspecified atom stereocenters. The largest absolute Gasteiger partial charge is 0.505 e. The Morgan fingerprint density at radius 1 is 1.24 bits per heavy atom. The normalized spacial score (nSPS) is 12.0. The number of aliphatic carboxylic acids is 1. The van der Waals surface area contributed by atoms with Gasteiger partial charge in [0, 0.05) is 6.07 Å². The molecule has 0 aliphatic rings. The standard InChI is InChI=1S/C17H19N3O5/c1-9(2)14(17(24)25)18-16(23)15-12(21)8-13(22)20(19-15)11-6-4-5-10(3)7-11/h4-9,14,21H,1-3H3,(H,18,23)(H,24,25). The Hall–Kier alpha value is -3.16. The molecule has 0 saturated carbocycles. The maximum Gasteiger partial charge on any atom is 0.326 e.